The van der Waals surface area contributed by atoms with Crippen LogP contribution in [0.4, 0.5) is 0 Å². The Kier molecular flexibility index (Phi) is 7.14. The van der Waals surface area contributed by atoms with Crippen LogP contribution >= 0.6 is 0 Å². The van der Waals surface area contributed by atoms with Crippen LogP contribution in [-0.4, -0.2) is 30.1 Å². The van der Waals surface area contributed by atoms with Crippen LogP contribution in [0.3, 0.4) is 0 Å². The van der Waals surface area contributed by atoms with Crippen molar-refractivity contribution >= 4 is 0 Å². The van der Waals surface area contributed by atoms with Crippen molar-refractivity contribution in [2.75, 3.05) is 13.1 Å². The SMILES string of the molecule is CCCC1CCN(C(CC)C(N)CCC)CC1. The maximum atomic E-state index is 6.32. The Balaban J connectivity index is 2.39. The van der Waals surface area contributed by atoms with Crippen LogP contribution in [-0.2, 0) is 0 Å². The lowest BCUT2D eigenvalue weighted by molar-refractivity contribution is 0.107. The largest absolute Gasteiger partial charge is 0.326 e. The lowest BCUT2D eigenvalue weighted by Crippen LogP contribution is -2.50. The van der Waals surface area contributed by atoms with E-state index < -0.39 is 0 Å². The highest BCUT2D eigenvalue weighted by molar-refractivity contribution is 4.84. The van der Waals surface area contributed by atoms with Crippen LogP contribution in [0.2, 0.25) is 0 Å². The van der Waals surface area contributed by atoms with Gasteiger partial charge in [0, 0.05) is 12.1 Å². The third-order valence-corrected chi connectivity index (χ3v) is 4.35. The van der Waals surface area contributed by atoms with E-state index >= 15 is 0 Å². The zero-order chi connectivity index (χ0) is 12.7. The Labute approximate surface area is 108 Å². The van der Waals surface area contributed by atoms with Crippen molar-refractivity contribution in [2.45, 2.75) is 77.8 Å². The maximum Gasteiger partial charge on any atom is 0.0244 e. The Bertz CT molecular complexity index is 185. The first kappa shape index (κ1) is 15.0. The molecule has 2 N–H and O–H groups in total. The minimum absolute atomic E-state index is 0.382. The molecule has 0 aromatic rings. The summed E-state index contributed by atoms with van der Waals surface area (Å²) < 4.78 is 0. The number of piperidine rings is 1. The van der Waals surface area contributed by atoms with Crippen molar-refractivity contribution in [1.82, 2.24) is 4.90 Å². The molecular formula is C15H32N2. The summed E-state index contributed by atoms with van der Waals surface area (Å²) in [7, 11) is 0. The first-order valence-electron chi connectivity index (χ1n) is 7.72. The number of rotatable bonds is 7. The number of nitrogens with zero attached hydrogens (tertiary/aromatic N) is 1. The molecule has 2 nitrogen and oxygen atoms in total. The van der Waals surface area contributed by atoms with Gasteiger partial charge in [-0.1, -0.05) is 40.0 Å². The van der Waals surface area contributed by atoms with Gasteiger partial charge in [0.15, 0.2) is 0 Å². The van der Waals surface area contributed by atoms with Gasteiger partial charge in [0.2, 0.25) is 0 Å². The highest BCUT2D eigenvalue weighted by atomic mass is 15.2. The van der Waals surface area contributed by atoms with E-state index in [1.54, 1.807) is 0 Å². The summed E-state index contributed by atoms with van der Waals surface area (Å²) in [6.45, 7) is 9.39. The fraction of sp³-hybridized carbons (Fsp3) is 1.00. The van der Waals surface area contributed by atoms with Crippen molar-refractivity contribution in [2.24, 2.45) is 11.7 Å². The van der Waals surface area contributed by atoms with Gasteiger partial charge in [-0.25, -0.2) is 0 Å². The lowest BCUT2D eigenvalue weighted by Gasteiger charge is -2.40. The van der Waals surface area contributed by atoms with E-state index in [0.29, 0.717) is 12.1 Å². The normalized spacial score (nSPS) is 22.6. The average Bonchev–Trinajstić information content (AvgIpc) is 2.33. The summed E-state index contributed by atoms with van der Waals surface area (Å²) in [5.41, 5.74) is 6.32. The van der Waals surface area contributed by atoms with E-state index in [-0.39, 0.29) is 0 Å². The van der Waals surface area contributed by atoms with Crippen LogP contribution in [0.15, 0.2) is 0 Å². The van der Waals surface area contributed by atoms with Crippen LogP contribution in [0.25, 0.3) is 0 Å². The van der Waals surface area contributed by atoms with Crippen molar-refractivity contribution in [3.8, 4) is 0 Å². The molecule has 0 saturated carbocycles. The molecule has 0 aliphatic carbocycles. The molecule has 0 spiro atoms. The summed E-state index contributed by atoms with van der Waals surface area (Å²) in [4.78, 5) is 2.66. The smallest absolute Gasteiger partial charge is 0.0244 e. The molecule has 0 aromatic heterocycles. The molecule has 1 rings (SSSR count). The van der Waals surface area contributed by atoms with Gasteiger partial charge in [-0.05, 0) is 44.7 Å². The molecule has 2 atom stereocenters. The average molecular weight is 240 g/mol. The molecule has 0 amide bonds. The minimum atomic E-state index is 0.382. The molecule has 0 aromatic carbocycles. The molecule has 1 aliphatic heterocycles. The molecule has 1 heterocycles. The predicted octanol–water partition coefficient (Wildman–Crippen LogP) is 3.40. The van der Waals surface area contributed by atoms with Crippen LogP contribution < -0.4 is 5.73 Å². The molecule has 0 radical (unpaired) electrons. The van der Waals surface area contributed by atoms with Crippen molar-refractivity contribution < 1.29 is 0 Å². The van der Waals surface area contributed by atoms with Gasteiger partial charge in [-0.2, -0.15) is 0 Å². The third kappa shape index (κ3) is 4.59. The Morgan fingerprint density at radius 3 is 2.24 bits per heavy atom. The molecule has 1 fully saturated rings. The van der Waals surface area contributed by atoms with Gasteiger partial charge in [-0.15, -0.1) is 0 Å². The molecule has 2 heteroatoms. The maximum absolute atomic E-state index is 6.32. The molecule has 0 bridgehead atoms. The summed E-state index contributed by atoms with van der Waals surface area (Å²) in [5.74, 6) is 0.983. The van der Waals surface area contributed by atoms with E-state index in [9.17, 15) is 0 Å². The Morgan fingerprint density at radius 1 is 1.12 bits per heavy atom. The van der Waals surface area contributed by atoms with Crippen LogP contribution in [0.1, 0.15) is 65.7 Å². The van der Waals surface area contributed by atoms with Crippen LogP contribution in [0.5, 0.6) is 0 Å². The van der Waals surface area contributed by atoms with Crippen molar-refractivity contribution in [3.63, 3.8) is 0 Å². The second-order valence-electron chi connectivity index (χ2n) is 5.70. The molecule has 1 aliphatic rings. The predicted molar refractivity (Wildman–Crippen MR) is 76.2 cm³/mol. The molecule has 102 valence electrons. The summed E-state index contributed by atoms with van der Waals surface area (Å²) in [6, 6.07) is 1.00. The van der Waals surface area contributed by atoms with E-state index in [1.165, 1.54) is 58.0 Å². The van der Waals surface area contributed by atoms with Gasteiger partial charge >= 0.3 is 0 Å². The summed E-state index contributed by atoms with van der Waals surface area (Å²) in [5, 5.41) is 0. The summed E-state index contributed by atoms with van der Waals surface area (Å²) in [6.07, 6.45) is 9.15. The van der Waals surface area contributed by atoms with Crippen LogP contribution in [0, 0.1) is 5.92 Å². The van der Waals surface area contributed by atoms with Crippen molar-refractivity contribution in [3.05, 3.63) is 0 Å². The number of nitrogens with two attached hydrogens (primary N) is 1. The summed E-state index contributed by atoms with van der Waals surface area (Å²) >= 11 is 0. The van der Waals surface area contributed by atoms with E-state index in [4.69, 9.17) is 5.73 Å². The molecule has 2 unspecified atom stereocenters. The standard InChI is InChI=1S/C15H32N2/c1-4-7-13-9-11-17(12-10-13)15(6-3)14(16)8-5-2/h13-15H,4-12,16H2,1-3H3. The number of hydrogen-bond acceptors (Lipinski definition) is 2. The first-order valence-corrected chi connectivity index (χ1v) is 7.72. The monoisotopic (exact) mass is 240 g/mol. The van der Waals surface area contributed by atoms with Crippen molar-refractivity contribution in [1.29, 1.82) is 0 Å². The van der Waals surface area contributed by atoms with E-state index in [2.05, 4.69) is 25.7 Å². The first-order chi connectivity index (χ1) is 8.22. The second kappa shape index (κ2) is 8.10. The highest BCUT2D eigenvalue weighted by Crippen LogP contribution is 2.25. The zero-order valence-electron chi connectivity index (χ0n) is 12.1. The van der Waals surface area contributed by atoms with Gasteiger partial charge in [0.25, 0.3) is 0 Å². The minimum Gasteiger partial charge on any atom is -0.326 e. The number of likely N-dealkylation sites (tertiary alicyclic amines) is 1. The third-order valence-electron chi connectivity index (χ3n) is 4.35. The lowest BCUT2D eigenvalue weighted by atomic mass is 9.90. The van der Waals surface area contributed by atoms with Gasteiger partial charge in [-0.3, -0.25) is 4.90 Å². The fourth-order valence-corrected chi connectivity index (χ4v) is 3.34. The van der Waals surface area contributed by atoms with E-state index in [0.717, 1.165) is 5.92 Å². The molecule has 1 saturated heterocycles. The number of hydrogen-bond donors (Lipinski definition) is 1. The molecule has 17 heavy (non-hydrogen) atoms. The Hall–Kier alpha value is -0.0800. The fourth-order valence-electron chi connectivity index (χ4n) is 3.34. The second-order valence-corrected chi connectivity index (χ2v) is 5.70. The van der Waals surface area contributed by atoms with Gasteiger partial charge in [0.1, 0.15) is 0 Å². The highest BCUT2D eigenvalue weighted by Gasteiger charge is 2.26. The topological polar surface area (TPSA) is 29.3 Å². The van der Waals surface area contributed by atoms with E-state index in [1.807, 2.05) is 0 Å². The Morgan fingerprint density at radius 2 is 1.76 bits per heavy atom. The zero-order valence-corrected chi connectivity index (χ0v) is 12.1. The van der Waals surface area contributed by atoms with Gasteiger partial charge < -0.3 is 5.73 Å². The van der Waals surface area contributed by atoms with Gasteiger partial charge in [0.05, 0.1) is 0 Å². The molecular weight excluding hydrogens is 208 g/mol. The quantitative estimate of drug-likeness (QED) is 0.739.